The molecule has 3 heterocycles. The van der Waals surface area contributed by atoms with Crippen molar-refractivity contribution in [1.29, 1.82) is 0 Å². The van der Waals surface area contributed by atoms with Crippen molar-refractivity contribution in [2.45, 2.75) is 19.3 Å². The summed E-state index contributed by atoms with van der Waals surface area (Å²) in [6.45, 7) is 2.26. The van der Waals surface area contributed by atoms with Crippen molar-refractivity contribution < 1.29 is 24.2 Å². The van der Waals surface area contributed by atoms with Crippen LogP contribution in [0.3, 0.4) is 0 Å². The summed E-state index contributed by atoms with van der Waals surface area (Å²) < 4.78 is 11.2. The summed E-state index contributed by atoms with van der Waals surface area (Å²) in [5.41, 5.74) is -0.0549. The van der Waals surface area contributed by atoms with Crippen LogP contribution in [0.1, 0.15) is 18.4 Å². The summed E-state index contributed by atoms with van der Waals surface area (Å²) in [7, 11) is 0. The second-order valence-electron chi connectivity index (χ2n) is 7.36. The van der Waals surface area contributed by atoms with Crippen LogP contribution in [0.15, 0.2) is 24.3 Å². The van der Waals surface area contributed by atoms with Gasteiger partial charge in [0.25, 0.3) is 0 Å². The largest absolute Gasteiger partial charge is 0.493 e. The number of nitrogens with zero attached hydrogens (tertiary/aromatic N) is 1. The Morgan fingerprint density at radius 1 is 1.20 bits per heavy atom. The number of carbonyl (C=O) groups excluding carboxylic acids is 1. The van der Waals surface area contributed by atoms with Gasteiger partial charge in [0.2, 0.25) is 5.91 Å². The van der Waals surface area contributed by atoms with Crippen molar-refractivity contribution in [3.05, 3.63) is 29.8 Å². The molecule has 0 radical (unpaired) electrons. The standard InChI is InChI=1S/C19H23NO5/c21-17(13-5-7-24-8-6-13)20-10-15-11-25-16-4-2-1-3-14(16)9-19(15,12-20)18(22)23/h1-4,13,15H,5-12H2,(H,22,23)/t15-,19+/m0/s1. The molecule has 2 fully saturated rings. The SMILES string of the molecule is O=C(C1CCOCC1)N1C[C@H]2COc3ccccc3C[C@@]2(C(=O)O)C1. The summed E-state index contributed by atoms with van der Waals surface area (Å²) in [6.07, 6.45) is 1.85. The molecule has 4 rings (SSSR count). The van der Waals surface area contributed by atoms with E-state index >= 15 is 0 Å². The van der Waals surface area contributed by atoms with E-state index < -0.39 is 11.4 Å². The Morgan fingerprint density at radius 2 is 1.96 bits per heavy atom. The molecule has 1 aromatic carbocycles. The number of aliphatic carboxylic acids is 1. The number of carboxylic acid groups (broad SMARTS) is 1. The number of hydrogen-bond donors (Lipinski definition) is 1. The van der Waals surface area contributed by atoms with Crippen LogP contribution in [0.5, 0.6) is 5.75 Å². The van der Waals surface area contributed by atoms with E-state index in [-0.39, 0.29) is 24.3 Å². The molecule has 6 heteroatoms. The Kier molecular flexibility index (Phi) is 4.15. The van der Waals surface area contributed by atoms with E-state index in [2.05, 4.69) is 0 Å². The van der Waals surface area contributed by atoms with E-state index in [0.29, 0.717) is 32.8 Å². The number of likely N-dealkylation sites (tertiary alicyclic amines) is 1. The number of ether oxygens (including phenoxy) is 2. The van der Waals surface area contributed by atoms with Gasteiger partial charge >= 0.3 is 5.97 Å². The van der Waals surface area contributed by atoms with Crippen molar-refractivity contribution in [3.8, 4) is 5.75 Å². The minimum atomic E-state index is -0.965. The lowest BCUT2D eigenvalue weighted by Crippen LogP contribution is -2.43. The van der Waals surface area contributed by atoms with Crippen molar-refractivity contribution in [3.63, 3.8) is 0 Å². The number of amides is 1. The summed E-state index contributed by atoms with van der Waals surface area (Å²) in [6, 6.07) is 7.61. The molecule has 0 aliphatic carbocycles. The molecule has 6 nitrogen and oxygen atoms in total. The molecule has 0 unspecified atom stereocenters. The van der Waals surface area contributed by atoms with Gasteiger partial charge in [0.15, 0.2) is 0 Å². The zero-order chi connectivity index (χ0) is 17.4. The third-order valence-electron chi connectivity index (χ3n) is 5.92. The van der Waals surface area contributed by atoms with E-state index in [1.165, 1.54) is 0 Å². The van der Waals surface area contributed by atoms with Gasteiger partial charge in [-0.15, -0.1) is 0 Å². The Balaban J connectivity index is 1.60. The van der Waals surface area contributed by atoms with Crippen molar-refractivity contribution >= 4 is 11.9 Å². The first kappa shape index (κ1) is 16.4. The highest BCUT2D eigenvalue weighted by molar-refractivity contribution is 5.83. The maximum absolute atomic E-state index is 12.9. The molecule has 134 valence electrons. The van der Waals surface area contributed by atoms with Crippen LogP contribution >= 0.6 is 0 Å². The van der Waals surface area contributed by atoms with Crippen LogP contribution in [0.4, 0.5) is 0 Å². The Hall–Kier alpha value is -2.08. The highest BCUT2D eigenvalue weighted by atomic mass is 16.5. The third-order valence-corrected chi connectivity index (χ3v) is 5.92. The number of carbonyl (C=O) groups is 2. The normalized spacial score (nSPS) is 29.3. The molecule has 1 aromatic rings. The fraction of sp³-hybridized carbons (Fsp3) is 0.579. The van der Waals surface area contributed by atoms with Gasteiger partial charge in [0.1, 0.15) is 5.75 Å². The molecule has 3 aliphatic rings. The summed E-state index contributed by atoms with van der Waals surface area (Å²) in [5, 5.41) is 10.0. The van der Waals surface area contributed by atoms with E-state index in [0.717, 1.165) is 24.2 Å². The summed E-state index contributed by atoms with van der Waals surface area (Å²) in [4.78, 5) is 26.9. The van der Waals surface area contributed by atoms with E-state index in [9.17, 15) is 14.7 Å². The molecular weight excluding hydrogens is 322 g/mol. The number of benzene rings is 1. The average Bonchev–Trinajstić information content (AvgIpc) is 2.93. The van der Waals surface area contributed by atoms with E-state index in [1.807, 2.05) is 24.3 Å². The van der Waals surface area contributed by atoms with Crippen LogP contribution in [0.25, 0.3) is 0 Å². The lowest BCUT2D eigenvalue weighted by Gasteiger charge is -2.29. The molecule has 2 atom stereocenters. The molecule has 0 spiro atoms. The highest BCUT2D eigenvalue weighted by Gasteiger charge is 2.55. The number of rotatable bonds is 2. The van der Waals surface area contributed by atoms with Gasteiger partial charge in [-0.3, -0.25) is 9.59 Å². The molecule has 1 amide bonds. The smallest absolute Gasteiger partial charge is 0.312 e. The average molecular weight is 345 g/mol. The molecule has 0 bridgehead atoms. The number of hydrogen-bond acceptors (Lipinski definition) is 4. The Labute approximate surface area is 146 Å². The molecule has 3 aliphatic heterocycles. The Morgan fingerprint density at radius 3 is 2.72 bits per heavy atom. The lowest BCUT2D eigenvalue weighted by atomic mass is 9.74. The second-order valence-corrected chi connectivity index (χ2v) is 7.36. The second kappa shape index (κ2) is 6.33. The van der Waals surface area contributed by atoms with Crippen LogP contribution in [-0.2, 0) is 20.7 Å². The van der Waals surface area contributed by atoms with Crippen molar-refractivity contribution in [2.75, 3.05) is 32.9 Å². The molecular formula is C19H23NO5. The zero-order valence-electron chi connectivity index (χ0n) is 14.1. The van der Waals surface area contributed by atoms with Crippen LogP contribution in [0.2, 0.25) is 0 Å². The van der Waals surface area contributed by atoms with Gasteiger partial charge in [-0.25, -0.2) is 0 Å². The number of fused-ring (bicyclic) bond motifs is 2. The summed E-state index contributed by atoms with van der Waals surface area (Å²) in [5.74, 6) is -0.235. The fourth-order valence-electron chi connectivity index (χ4n) is 4.40. The van der Waals surface area contributed by atoms with Crippen LogP contribution in [-0.4, -0.2) is 54.8 Å². The maximum atomic E-state index is 12.9. The molecule has 0 saturated carbocycles. The van der Waals surface area contributed by atoms with Gasteiger partial charge in [0, 0.05) is 38.1 Å². The summed E-state index contributed by atoms with van der Waals surface area (Å²) >= 11 is 0. The molecule has 0 aromatic heterocycles. The quantitative estimate of drug-likeness (QED) is 0.881. The lowest BCUT2D eigenvalue weighted by molar-refractivity contribution is -0.151. The Bertz CT molecular complexity index is 684. The highest BCUT2D eigenvalue weighted by Crippen LogP contribution is 2.44. The van der Waals surface area contributed by atoms with E-state index in [1.54, 1.807) is 4.90 Å². The van der Waals surface area contributed by atoms with Gasteiger partial charge in [-0.1, -0.05) is 18.2 Å². The third kappa shape index (κ3) is 2.78. The number of carboxylic acids is 1. The predicted octanol–water partition coefficient (Wildman–Crippen LogP) is 1.58. The van der Waals surface area contributed by atoms with Gasteiger partial charge in [-0.05, 0) is 30.9 Å². The van der Waals surface area contributed by atoms with E-state index in [4.69, 9.17) is 9.47 Å². The van der Waals surface area contributed by atoms with Gasteiger partial charge in [-0.2, -0.15) is 0 Å². The topological polar surface area (TPSA) is 76.1 Å². The first-order valence-electron chi connectivity index (χ1n) is 8.91. The minimum Gasteiger partial charge on any atom is -0.493 e. The number of para-hydroxylation sites is 1. The molecule has 2 saturated heterocycles. The monoisotopic (exact) mass is 345 g/mol. The van der Waals surface area contributed by atoms with Crippen LogP contribution < -0.4 is 4.74 Å². The fourth-order valence-corrected chi connectivity index (χ4v) is 4.40. The minimum absolute atomic E-state index is 0.0462. The first-order chi connectivity index (χ1) is 12.1. The molecule has 1 N–H and O–H groups in total. The van der Waals surface area contributed by atoms with Crippen molar-refractivity contribution in [1.82, 2.24) is 4.90 Å². The molecule has 25 heavy (non-hydrogen) atoms. The maximum Gasteiger partial charge on any atom is 0.312 e. The van der Waals surface area contributed by atoms with Crippen LogP contribution in [0, 0.1) is 17.3 Å². The van der Waals surface area contributed by atoms with Gasteiger partial charge < -0.3 is 19.5 Å². The zero-order valence-corrected chi connectivity index (χ0v) is 14.1. The van der Waals surface area contributed by atoms with Crippen molar-refractivity contribution in [2.24, 2.45) is 17.3 Å². The first-order valence-corrected chi connectivity index (χ1v) is 8.91. The predicted molar refractivity (Wildman–Crippen MR) is 89.3 cm³/mol. The van der Waals surface area contributed by atoms with Gasteiger partial charge in [0.05, 0.1) is 12.0 Å².